The highest BCUT2D eigenvalue weighted by Gasteiger charge is 2.19. The van der Waals surface area contributed by atoms with Gasteiger partial charge in [0.25, 0.3) is 11.5 Å². The summed E-state index contributed by atoms with van der Waals surface area (Å²) in [7, 11) is 1.50. The van der Waals surface area contributed by atoms with Crippen molar-refractivity contribution in [3.05, 3.63) is 105 Å². The highest BCUT2D eigenvalue weighted by atomic mass is 16.5. The first-order valence-electron chi connectivity index (χ1n) is 10.9. The monoisotopic (exact) mass is 472 g/mol. The number of nitrogens with zero attached hydrogens (tertiary/aromatic N) is 3. The quantitative estimate of drug-likeness (QED) is 0.341. The van der Waals surface area contributed by atoms with E-state index in [1.807, 2.05) is 60.7 Å². The third-order valence-electron chi connectivity index (χ3n) is 5.21. The van der Waals surface area contributed by atoms with Crippen molar-refractivity contribution < 1.29 is 9.53 Å². The fourth-order valence-electron chi connectivity index (χ4n) is 3.41. The number of hydrogen-bond acceptors (Lipinski definition) is 7. The predicted molar refractivity (Wildman–Crippen MR) is 132 cm³/mol. The van der Waals surface area contributed by atoms with Crippen LogP contribution in [0.5, 0.6) is 0 Å². The summed E-state index contributed by atoms with van der Waals surface area (Å²) in [6, 6.07) is 18.8. The Hall–Kier alpha value is -4.57. The zero-order valence-corrected chi connectivity index (χ0v) is 19.0. The number of rotatable bonds is 9. The zero-order chi connectivity index (χ0) is 24.6. The molecule has 178 valence electrons. The Kier molecular flexibility index (Phi) is 7.44. The van der Waals surface area contributed by atoms with Crippen LogP contribution in [0, 0.1) is 0 Å². The van der Waals surface area contributed by atoms with Gasteiger partial charge in [0.05, 0.1) is 18.7 Å². The van der Waals surface area contributed by atoms with Crippen LogP contribution >= 0.6 is 0 Å². The van der Waals surface area contributed by atoms with Crippen LogP contribution in [0.1, 0.15) is 15.9 Å². The van der Waals surface area contributed by atoms with E-state index in [1.165, 1.54) is 24.1 Å². The van der Waals surface area contributed by atoms with Gasteiger partial charge < -0.3 is 15.4 Å². The standard InChI is InChI=1S/C25H24N6O4/c1-35-13-12-31-22(20(24(33)30-25(31)34)26-14-17-8-4-2-5-9-17)29-23(32)19-15-27-21(28-16-19)18-10-6-3-7-11-18/h2-11,15-16,26H,12-14H2,1H3,(H,29,32)(H,30,33,34). The first kappa shape index (κ1) is 23.6. The molecule has 0 spiro atoms. The number of aromatic nitrogens is 4. The topological polar surface area (TPSA) is 131 Å². The van der Waals surface area contributed by atoms with Gasteiger partial charge >= 0.3 is 5.69 Å². The van der Waals surface area contributed by atoms with E-state index >= 15 is 0 Å². The average Bonchev–Trinajstić information content (AvgIpc) is 2.89. The number of ether oxygens (including phenoxy) is 1. The third-order valence-corrected chi connectivity index (χ3v) is 5.21. The van der Waals surface area contributed by atoms with E-state index in [1.54, 1.807) is 0 Å². The Morgan fingerprint density at radius 3 is 2.31 bits per heavy atom. The highest BCUT2D eigenvalue weighted by molar-refractivity contribution is 6.04. The Morgan fingerprint density at radius 2 is 1.66 bits per heavy atom. The molecule has 0 radical (unpaired) electrons. The summed E-state index contributed by atoms with van der Waals surface area (Å²) < 4.78 is 6.34. The summed E-state index contributed by atoms with van der Waals surface area (Å²) in [5, 5.41) is 5.73. The molecule has 0 atom stereocenters. The van der Waals surface area contributed by atoms with Crippen molar-refractivity contribution in [3.8, 4) is 11.4 Å². The molecular formula is C25H24N6O4. The van der Waals surface area contributed by atoms with E-state index in [0.29, 0.717) is 12.4 Å². The van der Waals surface area contributed by atoms with Gasteiger partial charge in [0.15, 0.2) is 5.82 Å². The van der Waals surface area contributed by atoms with Crippen LogP contribution < -0.4 is 21.9 Å². The molecule has 0 fully saturated rings. The number of anilines is 2. The molecule has 3 N–H and O–H groups in total. The van der Waals surface area contributed by atoms with Gasteiger partial charge in [0.1, 0.15) is 11.5 Å². The van der Waals surface area contributed by atoms with Gasteiger partial charge in [-0.1, -0.05) is 60.7 Å². The Bertz CT molecular complexity index is 1400. The molecule has 0 aliphatic rings. The number of nitrogens with one attached hydrogen (secondary N) is 3. The van der Waals surface area contributed by atoms with Crippen molar-refractivity contribution in [2.24, 2.45) is 0 Å². The minimum Gasteiger partial charge on any atom is -0.383 e. The van der Waals surface area contributed by atoms with Crippen LogP contribution in [0.15, 0.2) is 82.6 Å². The van der Waals surface area contributed by atoms with Gasteiger partial charge in [-0.2, -0.15) is 0 Å². The molecule has 0 saturated carbocycles. The lowest BCUT2D eigenvalue weighted by Crippen LogP contribution is -2.36. The fraction of sp³-hybridized carbons (Fsp3) is 0.160. The molecule has 4 rings (SSSR count). The van der Waals surface area contributed by atoms with Gasteiger partial charge in [0, 0.05) is 31.6 Å². The second kappa shape index (κ2) is 11.0. The number of methoxy groups -OCH3 is 1. The molecule has 2 aromatic carbocycles. The smallest absolute Gasteiger partial charge is 0.330 e. The molecular weight excluding hydrogens is 448 g/mol. The van der Waals surface area contributed by atoms with Gasteiger partial charge in [-0.3, -0.25) is 19.1 Å². The predicted octanol–water partition coefficient (Wildman–Crippen LogP) is 2.50. The van der Waals surface area contributed by atoms with Gasteiger partial charge in [-0.25, -0.2) is 14.8 Å². The minimum absolute atomic E-state index is 0.0314. The van der Waals surface area contributed by atoms with Gasteiger partial charge in [-0.05, 0) is 5.56 Å². The molecule has 10 heteroatoms. The van der Waals surface area contributed by atoms with Crippen molar-refractivity contribution >= 4 is 17.4 Å². The van der Waals surface area contributed by atoms with Crippen LogP contribution in [0.3, 0.4) is 0 Å². The van der Waals surface area contributed by atoms with Crippen molar-refractivity contribution in [3.63, 3.8) is 0 Å². The molecule has 4 aromatic rings. The molecule has 0 aliphatic carbocycles. The Morgan fingerprint density at radius 1 is 1.00 bits per heavy atom. The summed E-state index contributed by atoms with van der Waals surface area (Å²) in [6.45, 7) is 0.622. The third kappa shape index (κ3) is 5.68. The van der Waals surface area contributed by atoms with E-state index in [9.17, 15) is 14.4 Å². The van der Waals surface area contributed by atoms with Crippen molar-refractivity contribution in [1.29, 1.82) is 0 Å². The van der Waals surface area contributed by atoms with E-state index in [0.717, 1.165) is 11.1 Å². The lowest BCUT2D eigenvalue weighted by Gasteiger charge is -2.17. The minimum atomic E-state index is -0.664. The molecule has 0 saturated heterocycles. The number of aromatic amines is 1. The number of H-pyrrole nitrogens is 1. The normalized spacial score (nSPS) is 10.7. The molecule has 1 amide bonds. The number of hydrogen-bond donors (Lipinski definition) is 3. The van der Waals surface area contributed by atoms with Crippen molar-refractivity contribution in [1.82, 2.24) is 19.5 Å². The number of carbonyl (C=O) groups is 1. The molecule has 0 unspecified atom stereocenters. The largest absolute Gasteiger partial charge is 0.383 e. The summed E-state index contributed by atoms with van der Waals surface area (Å²) in [5.41, 5.74) is 0.650. The lowest BCUT2D eigenvalue weighted by molar-refractivity contribution is 0.102. The number of amides is 1. The zero-order valence-electron chi connectivity index (χ0n) is 19.0. The maximum absolute atomic E-state index is 13.1. The summed E-state index contributed by atoms with van der Waals surface area (Å²) >= 11 is 0. The molecule has 2 aromatic heterocycles. The number of benzene rings is 2. The average molecular weight is 473 g/mol. The van der Waals surface area contributed by atoms with Crippen LogP contribution in [0.2, 0.25) is 0 Å². The molecule has 0 aliphatic heterocycles. The SMILES string of the molecule is COCCn1c(NC(=O)c2cnc(-c3ccccc3)nc2)c(NCc2ccccc2)c(=O)[nH]c1=O. The Balaban J connectivity index is 1.65. The van der Waals surface area contributed by atoms with Crippen LogP contribution in [-0.2, 0) is 17.8 Å². The lowest BCUT2D eigenvalue weighted by atomic mass is 10.2. The molecule has 35 heavy (non-hydrogen) atoms. The summed E-state index contributed by atoms with van der Waals surface area (Å²) in [4.78, 5) is 49.1. The van der Waals surface area contributed by atoms with Crippen LogP contribution in [-0.4, -0.2) is 39.1 Å². The van der Waals surface area contributed by atoms with Crippen LogP contribution in [0.25, 0.3) is 11.4 Å². The van der Waals surface area contributed by atoms with E-state index in [4.69, 9.17) is 4.74 Å². The molecule has 0 bridgehead atoms. The molecule has 2 heterocycles. The second-order valence-corrected chi connectivity index (χ2v) is 7.58. The first-order chi connectivity index (χ1) is 17.1. The molecule has 10 nitrogen and oxygen atoms in total. The van der Waals surface area contributed by atoms with Gasteiger partial charge in [-0.15, -0.1) is 0 Å². The van der Waals surface area contributed by atoms with Crippen molar-refractivity contribution in [2.45, 2.75) is 13.1 Å². The van der Waals surface area contributed by atoms with E-state index in [-0.39, 0.29) is 30.2 Å². The maximum atomic E-state index is 13.1. The van der Waals surface area contributed by atoms with Gasteiger partial charge in [0.2, 0.25) is 0 Å². The second-order valence-electron chi connectivity index (χ2n) is 7.58. The maximum Gasteiger partial charge on any atom is 0.330 e. The summed E-state index contributed by atoms with van der Waals surface area (Å²) in [5.74, 6) is -0.0621. The van der Waals surface area contributed by atoms with E-state index < -0.39 is 17.2 Å². The highest BCUT2D eigenvalue weighted by Crippen LogP contribution is 2.18. The first-order valence-corrected chi connectivity index (χ1v) is 10.9. The van der Waals surface area contributed by atoms with E-state index in [2.05, 4.69) is 25.6 Å². The fourth-order valence-corrected chi connectivity index (χ4v) is 3.41. The van der Waals surface area contributed by atoms with Crippen molar-refractivity contribution in [2.75, 3.05) is 24.4 Å². The summed E-state index contributed by atoms with van der Waals surface area (Å²) in [6.07, 6.45) is 2.79. The Labute approximate surface area is 200 Å². The van der Waals surface area contributed by atoms with Crippen LogP contribution in [0.4, 0.5) is 11.5 Å². The number of carbonyl (C=O) groups excluding carboxylic acids is 1.